The van der Waals surface area contributed by atoms with Crippen LogP contribution in [0.3, 0.4) is 0 Å². The van der Waals surface area contributed by atoms with E-state index in [1.165, 1.54) is 11.5 Å². The highest BCUT2D eigenvalue weighted by atomic mass is 32.1. The second kappa shape index (κ2) is 5.76. The molecule has 2 heterocycles. The van der Waals surface area contributed by atoms with Gasteiger partial charge >= 0.3 is 0 Å². The molecule has 2 N–H and O–H groups in total. The molecule has 1 unspecified atom stereocenters. The summed E-state index contributed by atoms with van der Waals surface area (Å²) in [4.78, 5) is 1.03. The highest BCUT2D eigenvalue weighted by Crippen LogP contribution is 2.34. The number of rotatable bonds is 4. The Bertz CT molecular complexity index is 600. The molecule has 0 amide bonds. The Labute approximate surface area is 121 Å². The van der Waals surface area contributed by atoms with Crippen LogP contribution in [0.25, 0.3) is 0 Å². The largest absolute Gasteiger partial charge is 0.486 e. The van der Waals surface area contributed by atoms with E-state index in [-0.39, 0.29) is 6.04 Å². The normalized spacial score (nSPS) is 15.1. The molecule has 1 aliphatic rings. The summed E-state index contributed by atoms with van der Waals surface area (Å²) in [5, 5.41) is 4.17. The SMILES string of the molecule is CCCc1nnsc1C(N)c1ccc2c(c1)OCCO2. The lowest BCUT2D eigenvalue weighted by Gasteiger charge is -2.20. The summed E-state index contributed by atoms with van der Waals surface area (Å²) in [5.41, 5.74) is 8.36. The zero-order valence-corrected chi connectivity index (χ0v) is 12.2. The van der Waals surface area contributed by atoms with E-state index in [9.17, 15) is 0 Å². The molecule has 0 saturated carbocycles. The molecular formula is C14H17N3O2S. The van der Waals surface area contributed by atoms with Gasteiger partial charge in [0, 0.05) is 0 Å². The van der Waals surface area contributed by atoms with E-state index >= 15 is 0 Å². The Morgan fingerprint density at radius 3 is 2.90 bits per heavy atom. The number of hydrogen-bond donors (Lipinski definition) is 1. The van der Waals surface area contributed by atoms with Gasteiger partial charge in [0.25, 0.3) is 0 Å². The molecule has 1 aliphatic heterocycles. The van der Waals surface area contributed by atoms with E-state index < -0.39 is 0 Å². The van der Waals surface area contributed by atoms with Crippen LogP contribution < -0.4 is 15.2 Å². The first kappa shape index (κ1) is 13.3. The molecule has 20 heavy (non-hydrogen) atoms. The fourth-order valence-electron chi connectivity index (χ4n) is 2.27. The predicted octanol–water partition coefficient (Wildman–Crippen LogP) is 2.31. The third-order valence-electron chi connectivity index (χ3n) is 3.28. The van der Waals surface area contributed by atoms with Gasteiger partial charge in [-0.1, -0.05) is 23.9 Å². The minimum atomic E-state index is -0.215. The van der Waals surface area contributed by atoms with Crippen molar-refractivity contribution in [3.8, 4) is 11.5 Å². The molecule has 1 aromatic heterocycles. The van der Waals surface area contributed by atoms with E-state index in [4.69, 9.17) is 15.2 Å². The van der Waals surface area contributed by atoms with Crippen molar-refractivity contribution >= 4 is 11.5 Å². The smallest absolute Gasteiger partial charge is 0.161 e. The zero-order chi connectivity index (χ0) is 13.9. The second-order valence-electron chi connectivity index (χ2n) is 4.71. The van der Waals surface area contributed by atoms with E-state index in [0.717, 1.165) is 40.5 Å². The van der Waals surface area contributed by atoms with Crippen molar-refractivity contribution in [1.82, 2.24) is 9.59 Å². The van der Waals surface area contributed by atoms with Crippen LogP contribution in [0, 0.1) is 0 Å². The van der Waals surface area contributed by atoms with Gasteiger partial charge in [-0.05, 0) is 35.6 Å². The van der Waals surface area contributed by atoms with Crippen molar-refractivity contribution in [2.45, 2.75) is 25.8 Å². The van der Waals surface area contributed by atoms with Crippen molar-refractivity contribution in [3.63, 3.8) is 0 Å². The number of aryl methyl sites for hydroxylation is 1. The Balaban J connectivity index is 1.90. The monoisotopic (exact) mass is 291 g/mol. The molecule has 3 rings (SSSR count). The molecule has 0 bridgehead atoms. The summed E-state index contributed by atoms with van der Waals surface area (Å²) < 4.78 is 15.2. The fraction of sp³-hybridized carbons (Fsp3) is 0.429. The van der Waals surface area contributed by atoms with Gasteiger partial charge in [0.2, 0.25) is 0 Å². The lowest BCUT2D eigenvalue weighted by atomic mass is 10.0. The van der Waals surface area contributed by atoms with Crippen molar-refractivity contribution < 1.29 is 9.47 Å². The second-order valence-corrected chi connectivity index (χ2v) is 5.50. The van der Waals surface area contributed by atoms with Crippen LogP contribution in [0.1, 0.15) is 35.5 Å². The standard InChI is InChI=1S/C14H17N3O2S/c1-2-3-10-14(20-17-16-10)13(15)9-4-5-11-12(8-9)19-7-6-18-11/h4-5,8,13H,2-3,6-7,15H2,1H3. The minimum Gasteiger partial charge on any atom is -0.486 e. The Kier molecular flexibility index (Phi) is 3.84. The van der Waals surface area contributed by atoms with Gasteiger partial charge in [-0.25, -0.2) is 0 Å². The molecule has 106 valence electrons. The number of ether oxygens (including phenoxy) is 2. The molecule has 6 heteroatoms. The molecule has 2 aromatic rings. The number of aromatic nitrogens is 2. The molecule has 1 aromatic carbocycles. The third-order valence-corrected chi connectivity index (χ3v) is 4.13. The number of fused-ring (bicyclic) bond motifs is 1. The fourth-order valence-corrected chi connectivity index (χ4v) is 2.99. The summed E-state index contributed by atoms with van der Waals surface area (Å²) >= 11 is 1.37. The van der Waals surface area contributed by atoms with Crippen LogP contribution in [0.2, 0.25) is 0 Å². The van der Waals surface area contributed by atoms with Crippen LogP contribution >= 0.6 is 11.5 Å². The van der Waals surface area contributed by atoms with Crippen molar-refractivity contribution in [1.29, 1.82) is 0 Å². The summed E-state index contributed by atoms with van der Waals surface area (Å²) in [6, 6.07) is 5.63. The molecular weight excluding hydrogens is 274 g/mol. The first-order valence-corrected chi connectivity index (χ1v) is 7.53. The molecule has 0 fully saturated rings. The first-order chi connectivity index (χ1) is 9.79. The maximum atomic E-state index is 6.36. The predicted molar refractivity (Wildman–Crippen MR) is 77.4 cm³/mol. The number of nitrogens with two attached hydrogens (primary N) is 1. The van der Waals surface area contributed by atoms with Crippen LogP contribution in [0.15, 0.2) is 18.2 Å². The Morgan fingerprint density at radius 1 is 1.30 bits per heavy atom. The molecule has 0 radical (unpaired) electrons. The molecule has 0 spiro atoms. The van der Waals surface area contributed by atoms with E-state index in [1.807, 2.05) is 18.2 Å². The van der Waals surface area contributed by atoms with Crippen LogP contribution in [-0.4, -0.2) is 22.8 Å². The number of nitrogens with zero attached hydrogens (tertiary/aromatic N) is 2. The Hall–Kier alpha value is -1.66. The van der Waals surface area contributed by atoms with Gasteiger partial charge in [0.1, 0.15) is 13.2 Å². The summed E-state index contributed by atoms with van der Waals surface area (Å²) in [5.74, 6) is 1.54. The first-order valence-electron chi connectivity index (χ1n) is 6.76. The Morgan fingerprint density at radius 2 is 2.10 bits per heavy atom. The zero-order valence-electron chi connectivity index (χ0n) is 11.3. The van der Waals surface area contributed by atoms with Gasteiger partial charge in [-0.2, -0.15) is 0 Å². The van der Waals surface area contributed by atoms with Gasteiger partial charge in [0.05, 0.1) is 16.6 Å². The highest BCUT2D eigenvalue weighted by molar-refractivity contribution is 7.05. The van der Waals surface area contributed by atoms with E-state index in [1.54, 1.807) is 0 Å². The average molecular weight is 291 g/mol. The lowest BCUT2D eigenvalue weighted by molar-refractivity contribution is 0.171. The van der Waals surface area contributed by atoms with Gasteiger partial charge in [-0.3, -0.25) is 0 Å². The van der Waals surface area contributed by atoms with Crippen molar-refractivity contribution in [2.75, 3.05) is 13.2 Å². The maximum Gasteiger partial charge on any atom is 0.161 e. The van der Waals surface area contributed by atoms with Crippen molar-refractivity contribution in [2.24, 2.45) is 5.73 Å². The molecule has 0 aliphatic carbocycles. The van der Waals surface area contributed by atoms with Crippen LogP contribution in [-0.2, 0) is 6.42 Å². The molecule has 1 atom stereocenters. The van der Waals surface area contributed by atoms with Gasteiger partial charge in [0.15, 0.2) is 11.5 Å². The van der Waals surface area contributed by atoms with Crippen LogP contribution in [0.5, 0.6) is 11.5 Å². The van der Waals surface area contributed by atoms with Crippen molar-refractivity contribution in [3.05, 3.63) is 34.3 Å². The van der Waals surface area contributed by atoms with Gasteiger partial charge in [-0.15, -0.1) is 5.10 Å². The highest BCUT2D eigenvalue weighted by Gasteiger charge is 2.20. The maximum absolute atomic E-state index is 6.36. The minimum absolute atomic E-state index is 0.215. The molecule has 5 nitrogen and oxygen atoms in total. The van der Waals surface area contributed by atoms with Crippen LogP contribution in [0.4, 0.5) is 0 Å². The third kappa shape index (κ3) is 2.48. The van der Waals surface area contributed by atoms with E-state index in [0.29, 0.717) is 13.2 Å². The molecule has 0 saturated heterocycles. The van der Waals surface area contributed by atoms with E-state index in [2.05, 4.69) is 16.5 Å². The topological polar surface area (TPSA) is 70.3 Å². The number of benzene rings is 1. The number of hydrogen-bond acceptors (Lipinski definition) is 6. The van der Waals surface area contributed by atoms with Gasteiger partial charge < -0.3 is 15.2 Å². The average Bonchev–Trinajstić information content (AvgIpc) is 2.94. The lowest BCUT2D eigenvalue weighted by Crippen LogP contribution is -2.17. The summed E-state index contributed by atoms with van der Waals surface area (Å²) in [6.07, 6.45) is 1.94. The summed E-state index contributed by atoms with van der Waals surface area (Å²) in [7, 11) is 0. The summed E-state index contributed by atoms with van der Waals surface area (Å²) in [6.45, 7) is 3.30. The quantitative estimate of drug-likeness (QED) is 0.936.